The zero-order valence-electron chi connectivity index (χ0n) is 20.2. The molecule has 1 aromatic heterocycles. The molecule has 0 radical (unpaired) electrons. The van der Waals surface area contributed by atoms with Gasteiger partial charge >= 0.3 is 5.97 Å². The first-order valence-corrected chi connectivity index (χ1v) is 11.6. The number of esters is 1. The van der Waals surface area contributed by atoms with Gasteiger partial charge in [0.2, 0.25) is 0 Å². The van der Waals surface area contributed by atoms with Crippen LogP contribution in [0.3, 0.4) is 0 Å². The molecule has 2 atom stereocenters. The summed E-state index contributed by atoms with van der Waals surface area (Å²) in [5.74, 6) is 1.10. The van der Waals surface area contributed by atoms with Crippen LogP contribution in [0.1, 0.15) is 43.7 Å². The van der Waals surface area contributed by atoms with E-state index in [1.54, 1.807) is 14.0 Å². The number of aliphatic hydroxyl groups is 2. The summed E-state index contributed by atoms with van der Waals surface area (Å²) < 4.78 is 16.6. The van der Waals surface area contributed by atoms with Crippen molar-refractivity contribution in [3.8, 4) is 17.1 Å². The van der Waals surface area contributed by atoms with E-state index in [1.165, 1.54) is 0 Å². The lowest BCUT2D eigenvalue weighted by molar-refractivity contribution is -0.139. The highest BCUT2D eigenvalue weighted by Gasteiger charge is 2.16. The molecule has 0 saturated heterocycles. The maximum Gasteiger partial charge on any atom is 0.333 e. The number of hydrogen-bond donors (Lipinski definition) is 2. The number of methoxy groups -OCH3 is 1. The van der Waals surface area contributed by atoms with Gasteiger partial charge in [0.05, 0.1) is 31.5 Å². The molecule has 0 saturated carbocycles. The van der Waals surface area contributed by atoms with Crippen LogP contribution in [-0.2, 0) is 16.0 Å². The van der Waals surface area contributed by atoms with E-state index in [0.717, 1.165) is 52.0 Å². The molecule has 0 amide bonds. The summed E-state index contributed by atoms with van der Waals surface area (Å²) in [6, 6.07) is 14.2. The second-order valence-electron chi connectivity index (χ2n) is 8.77. The predicted molar refractivity (Wildman–Crippen MR) is 133 cm³/mol. The zero-order chi connectivity index (χ0) is 24.7. The molecule has 3 rings (SSSR count). The fraction of sp³-hybridized carbons (Fsp3) is 0.393. The Morgan fingerprint density at radius 2 is 1.79 bits per heavy atom. The van der Waals surface area contributed by atoms with Gasteiger partial charge in [-0.1, -0.05) is 24.8 Å². The van der Waals surface area contributed by atoms with Gasteiger partial charge in [0.25, 0.3) is 0 Å². The lowest BCUT2D eigenvalue weighted by Crippen LogP contribution is -2.26. The van der Waals surface area contributed by atoms with Crippen molar-refractivity contribution >= 4 is 16.9 Å². The lowest BCUT2D eigenvalue weighted by atomic mass is 10.0. The van der Waals surface area contributed by atoms with Crippen molar-refractivity contribution < 1.29 is 28.9 Å². The molecule has 2 unspecified atom stereocenters. The fourth-order valence-corrected chi connectivity index (χ4v) is 3.85. The first-order chi connectivity index (χ1) is 16.3. The molecule has 6 nitrogen and oxygen atoms in total. The Morgan fingerprint density at radius 3 is 2.50 bits per heavy atom. The van der Waals surface area contributed by atoms with Crippen molar-refractivity contribution in [3.63, 3.8) is 0 Å². The van der Waals surface area contributed by atoms with Crippen LogP contribution in [0.25, 0.3) is 22.3 Å². The molecule has 0 aliphatic rings. The summed E-state index contributed by atoms with van der Waals surface area (Å²) in [5.41, 5.74) is 4.30. The SMILES string of the molecule is C=C(C)C(=O)OCCCC(O)C(O)CCCc1ccc2cc(-c3ccc(C)cc3OC)oc2c1. The number of furan rings is 1. The second-order valence-corrected chi connectivity index (χ2v) is 8.77. The van der Waals surface area contributed by atoms with Gasteiger partial charge in [0.1, 0.15) is 17.1 Å². The second kappa shape index (κ2) is 11.9. The standard InChI is InChI=1S/C28H34O6/c1-18(2)28(31)33-14-6-9-24(30)23(29)8-5-7-20-11-12-21-17-27(34-25(21)16-20)22-13-10-19(3)15-26(22)32-4/h10-13,15-17,23-24,29-30H,1,5-9,14H2,2-4H3. The van der Waals surface area contributed by atoms with Crippen LogP contribution in [0.5, 0.6) is 5.75 Å². The summed E-state index contributed by atoms with van der Waals surface area (Å²) >= 11 is 0. The van der Waals surface area contributed by atoms with Gasteiger partial charge in [0, 0.05) is 11.0 Å². The summed E-state index contributed by atoms with van der Waals surface area (Å²) in [7, 11) is 1.66. The van der Waals surface area contributed by atoms with E-state index < -0.39 is 18.2 Å². The molecule has 0 aliphatic heterocycles. The van der Waals surface area contributed by atoms with E-state index in [2.05, 4.69) is 12.6 Å². The lowest BCUT2D eigenvalue weighted by Gasteiger charge is -2.17. The number of benzene rings is 2. The van der Waals surface area contributed by atoms with Crippen molar-refractivity contribution in [1.82, 2.24) is 0 Å². The van der Waals surface area contributed by atoms with Crippen LogP contribution in [0.4, 0.5) is 0 Å². The normalized spacial score (nSPS) is 13.0. The quantitative estimate of drug-likeness (QED) is 0.212. The predicted octanol–water partition coefficient (Wildman–Crippen LogP) is 5.36. The molecule has 0 fully saturated rings. The van der Waals surface area contributed by atoms with Crippen molar-refractivity contribution in [2.24, 2.45) is 0 Å². The number of ether oxygens (including phenoxy) is 2. The monoisotopic (exact) mass is 466 g/mol. The van der Waals surface area contributed by atoms with Crippen LogP contribution in [0, 0.1) is 6.92 Å². The third-order valence-electron chi connectivity index (χ3n) is 5.84. The number of fused-ring (bicyclic) bond motifs is 1. The molecule has 182 valence electrons. The number of carbonyl (C=O) groups is 1. The van der Waals surface area contributed by atoms with E-state index in [-0.39, 0.29) is 6.61 Å². The Bertz CT molecular complexity index is 1130. The number of rotatable bonds is 12. The van der Waals surface area contributed by atoms with Gasteiger partial charge in [-0.15, -0.1) is 0 Å². The molecule has 3 aromatic rings. The van der Waals surface area contributed by atoms with E-state index in [4.69, 9.17) is 13.9 Å². The highest BCUT2D eigenvalue weighted by molar-refractivity contribution is 5.87. The fourth-order valence-electron chi connectivity index (χ4n) is 3.85. The zero-order valence-corrected chi connectivity index (χ0v) is 20.2. The Labute approximate surface area is 200 Å². The van der Waals surface area contributed by atoms with E-state index in [0.29, 0.717) is 24.8 Å². The summed E-state index contributed by atoms with van der Waals surface area (Å²) in [4.78, 5) is 11.3. The molecular weight excluding hydrogens is 432 g/mol. The molecule has 0 spiro atoms. The van der Waals surface area contributed by atoms with Crippen LogP contribution >= 0.6 is 0 Å². The Hall–Kier alpha value is -3.09. The minimum Gasteiger partial charge on any atom is -0.496 e. The maximum atomic E-state index is 11.3. The minimum atomic E-state index is -0.844. The third-order valence-corrected chi connectivity index (χ3v) is 5.84. The largest absolute Gasteiger partial charge is 0.496 e. The maximum absolute atomic E-state index is 11.3. The molecule has 6 heteroatoms. The van der Waals surface area contributed by atoms with Crippen LogP contribution in [0.15, 0.2) is 59.0 Å². The number of aliphatic hydroxyl groups excluding tert-OH is 2. The first-order valence-electron chi connectivity index (χ1n) is 11.6. The number of hydrogen-bond acceptors (Lipinski definition) is 6. The van der Waals surface area contributed by atoms with Gasteiger partial charge in [-0.25, -0.2) is 4.79 Å². The Balaban J connectivity index is 1.51. The summed E-state index contributed by atoms with van der Waals surface area (Å²) in [5, 5.41) is 21.4. The van der Waals surface area contributed by atoms with Gasteiger partial charge in [-0.2, -0.15) is 0 Å². The molecule has 34 heavy (non-hydrogen) atoms. The Kier molecular flexibility index (Phi) is 8.91. The van der Waals surface area contributed by atoms with Gasteiger partial charge in [0.15, 0.2) is 0 Å². The van der Waals surface area contributed by atoms with Gasteiger partial charge < -0.3 is 24.1 Å². The molecule has 2 N–H and O–H groups in total. The average Bonchev–Trinajstić information content (AvgIpc) is 3.24. The number of aryl methyl sites for hydroxylation is 2. The third kappa shape index (κ3) is 6.72. The van der Waals surface area contributed by atoms with Crippen molar-refractivity contribution in [1.29, 1.82) is 0 Å². The molecule has 2 aromatic carbocycles. The molecule has 0 aliphatic carbocycles. The molecule has 1 heterocycles. The van der Waals surface area contributed by atoms with Gasteiger partial charge in [-0.05, 0) is 81.3 Å². The highest BCUT2D eigenvalue weighted by atomic mass is 16.5. The molecular formula is C28H34O6. The van der Waals surface area contributed by atoms with Crippen molar-refractivity contribution in [2.75, 3.05) is 13.7 Å². The van der Waals surface area contributed by atoms with E-state index in [1.807, 2.05) is 43.3 Å². The van der Waals surface area contributed by atoms with Crippen LogP contribution < -0.4 is 4.74 Å². The first kappa shape index (κ1) is 25.5. The summed E-state index contributed by atoms with van der Waals surface area (Å²) in [6.07, 6.45) is 1.17. The van der Waals surface area contributed by atoms with Crippen LogP contribution in [0.2, 0.25) is 0 Å². The van der Waals surface area contributed by atoms with E-state index in [9.17, 15) is 15.0 Å². The van der Waals surface area contributed by atoms with Crippen molar-refractivity contribution in [3.05, 3.63) is 65.7 Å². The Morgan fingerprint density at radius 1 is 1.06 bits per heavy atom. The topological polar surface area (TPSA) is 89.1 Å². The van der Waals surface area contributed by atoms with Crippen LogP contribution in [-0.4, -0.2) is 42.1 Å². The summed E-state index contributed by atoms with van der Waals surface area (Å²) in [6.45, 7) is 7.34. The average molecular weight is 467 g/mol. The smallest absolute Gasteiger partial charge is 0.333 e. The number of carbonyl (C=O) groups excluding carboxylic acids is 1. The molecule has 0 bridgehead atoms. The minimum absolute atomic E-state index is 0.203. The van der Waals surface area contributed by atoms with E-state index >= 15 is 0 Å². The highest BCUT2D eigenvalue weighted by Crippen LogP contribution is 2.35. The van der Waals surface area contributed by atoms with Gasteiger partial charge in [-0.3, -0.25) is 0 Å². The van der Waals surface area contributed by atoms with Crippen molar-refractivity contribution in [2.45, 2.75) is 58.2 Å².